The maximum Gasteiger partial charge on any atom is 0.321 e. The predicted molar refractivity (Wildman–Crippen MR) is 125 cm³/mol. The number of hydrogen-bond donors (Lipinski definition) is 2. The predicted octanol–water partition coefficient (Wildman–Crippen LogP) is 4.27. The summed E-state index contributed by atoms with van der Waals surface area (Å²) in [4.78, 5) is 28.6. The quantitative estimate of drug-likeness (QED) is 0.613. The molecule has 0 spiro atoms. The standard InChI is InChI=1S/C25H26N4O3/c30-24(26-20-7-3-1-4-8-20)19-28-15-17-29(18-16-28)25(31)27-21-11-13-23(14-12-21)32-22-9-5-2-6-10-22/h1-14H,15-19H2,(H,26,30)(H,27,31). The van der Waals surface area contributed by atoms with Crippen LogP contribution in [0.15, 0.2) is 84.9 Å². The van der Waals surface area contributed by atoms with Crippen molar-refractivity contribution in [2.24, 2.45) is 0 Å². The number of carbonyl (C=O) groups is 2. The van der Waals surface area contributed by atoms with E-state index in [1.165, 1.54) is 0 Å². The Bertz CT molecular complexity index is 1020. The Labute approximate surface area is 187 Å². The van der Waals surface area contributed by atoms with E-state index in [4.69, 9.17) is 4.74 Å². The summed E-state index contributed by atoms with van der Waals surface area (Å²) in [6.07, 6.45) is 0. The van der Waals surface area contributed by atoms with E-state index in [1.807, 2.05) is 84.9 Å². The molecule has 0 saturated carbocycles. The van der Waals surface area contributed by atoms with Crippen molar-refractivity contribution in [3.8, 4) is 11.5 Å². The van der Waals surface area contributed by atoms with Gasteiger partial charge in [0.2, 0.25) is 5.91 Å². The molecule has 7 nitrogen and oxygen atoms in total. The molecular formula is C25H26N4O3. The Morgan fingerprint density at radius 2 is 1.25 bits per heavy atom. The molecule has 32 heavy (non-hydrogen) atoms. The van der Waals surface area contributed by atoms with E-state index < -0.39 is 0 Å². The molecular weight excluding hydrogens is 404 g/mol. The summed E-state index contributed by atoms with van der Waals surface area (Å²) in [7, 11) is 0. The minimum absolute atomic E-state index is 0.0492. The Morgan fingerprint density at radius 1 is 0.688 bits per heavy atom. The Balaban J connectivity index is 1.21. The third-order valence-corrected chi connectivity index (χ3v) is 5.17. The van der Waals surface area contributed by atoms with Gasteiger partial charge in [0.1, 0.15) is 11.5 Å². The van der Waals surface area contributed by atoms with Gasteiger partial charge in [-0.2, -0.15) is 0 Å². The van der Waals surface area contributed by atoms with Crippen molar-refractivity contribution in [1.82, 2.24) is 9.80 Å². The highest BCUT2D eigenvalue weighted by atomic mass is 16.5. The Kier molecular flexibility index (Phi) is 6.99. The van der Waals surface area contributed by atoms with Crippen molar-refractivity contribution in [3.63, 3.8) is 0 Å². The molecule has 0 atom stereocenters. The maximum absolute atomic E-state index is 12.6. The lowest BCUT2D eigenvalue weighted by Crippen LogP contribution is -2.51. The largest absolute Gasteiger partial charge is 0.457 e. The zero-order valence-electron chi connectivity index (χ0n) is 17.7. The molecule has 4 rings (SSSR count). The van der Waals surface area contributed by atoms with Gasteiger partial charge in [-0.1, -0.05) is 36.4 Å². The number of benzene rings is 3. The second-order valence-corrected chi connectivity index (χ2v) is 7.55. The van der Waals surface area contributed by atoms with Crippen LogP contribution in [0.4, 0.5) is 16.2 Å². The molecule has 1 heterocycles. The van der Waals surface area contributed by atoms with Gasteiger partial charge in [-0.15, -0.1) is 0 Å². The average molecular weight is 431 g/mol. The summed E-state index contributed by atoms with van der Waals surface area (Å²) in [5, 5.41) is 5.82. The molecule has 0 radical (unpaired) electrons. The van der Waals surface area contributed by atoms with Gasteiger partial charge < -0.3 is 20.3 Å². The molecule has 0 aliphatic carbocycles. The van der Waals surface area contributed by atoms with E-state index in [0.717, 1.165) is 11.4 Å². The van der Waals surface area contributed by atoms with Crippen LogP contribution < -0.4 is 15.4 Å². The third kappa shape index (κ3) is 6.09. The molecule has 1 fully saturated rings. The second-order valence-electron chi connectivity index (χ2n) is 7.55. The number of urea groups is 1. The molecule has 3 aromatic carbocycles. The number of nitrogens with zero attached hydrogens (tertiary/aromatic N) is 2. The van der Waals surface area contributed by atoms with Gasteiger partial charge in [0.05, 0.1) is 6.54 Å². The molecule has 1 saturated heterocycles. The first-order valence-corrected chi connectivity index (χ1v) is 10.6. The molecule has 0 aromatic heterocycles. The Hall–Kier alpha value is -3.84. The first-order chi connectivity index (χ1) is 15.7. The lowest BCUT2D eigenvalue weighted by atomic mass is 10.3. The third-order valence-electron chi connectivity index (χ3n) is 5.17. The number of piperazine rings is 1. The van der Waals surface area contributed by atoms with E-state index in [1.54, 1.807) is 4.90 Å². The molecule has 0 unspecified atom stereocenters. The van der Waals surface area contributed by atoms with Gasteiger partial charge in [0.25, 0.3) is 0 Å². The first-order valence-electron chi connectivity index (χ1n) is 10.6. The van der Waals surface area contributed by atoms with Crippen LogP contribution in [0.2, 0.25) is 0 Å². The minimum atomic E-state index is -0.143. The number of hydrogen-bond acceptors (Lipinski definition) is 4. The zero-order valence-corrected chi connectivity index (χ0v) is 17.7. The molecule has 3 amide bonds. The molecule has 1 aliphatic rings. The van der Waals surface area contributed by atoms with E-state index in [2.05, 4.69) is 15.5 Å². The van der Waals surface area contributed by atoms with Gasteiger partial charge in [0, 0.05) is 37.6 Å². The van der Waals surface area contributed by atoms with E-state index >= 15 is 0 Å². The number of nitrogens with one attached hydrogen (secondary N) is 2. The number of anilines is 2. The van der Waals surface area contributed by atoms with Crippen molar-refractivity contribution in [2.75, 3.05) is 43.4 Å². The zero-order chi connectivity index (χ0) is 22.2. The van der Waals surface area contributed by atoms with Crippen LogP contribution >= 0.6 is 0 Å². The number of amides is 3. The monoisotopic (exact) mass is 430 g/mol. The lowest BCUT2D eigenvalue weighted by Gasteiger charge is -2.34. The van der Waals surface area contributed by atoms with Crippen LogP contribution in [0.5, 0.6) is 11.5 Å². The molecule has 1 aliphatic heterocycles. The van der Waals surface area contributed by atoms with Crippen LogP contribution in [0.1, 0.15) is 0 Å². The maximum atomic E-state index is 12.6. The fraction of sp³-hybridized carbons (Fsp3) is 0.200. The minimum Gasteiger partial charge on any atom is -0.457 e. The lowest BCUT2D eigenvalue weighted by molar-refractivity contribution is -0.117. The fourth-order valence-corrected chi connectivity index (χ4v) is 3.47. The van der Waals surface area contributed by atoms with Crippen LogP contribution in [0.3, 0.4) is 0 Å². The summed E-state index contributed by atoms with van der Waals surface area (Å²) >= 11 is 0. The van der Waals surface area contributed by atoms with E-state index in [9.17, 15) is 9.59 Å². The summed E-state index contributed by atoms with van der Waals surface area (Å²) in [6, 6.07) is 26.1. The summed E-state index contributed by atoms with van der Waals surface area (Å²) in [5.74, 6) is 1.42. The van der Waals surface area contributed by atoms with Crippen LogP contribution in [-0.2, 0) is 4.79 Å². The van der Waals surface area contributed by atoms with Crippen molar-refractivity contribution in [2.45, 2.75) is 0 Å². The van der Waals surface area contributed by atoms with Gasteiger partial charge in [-0.05, 0) is 48.5 Å². The van der Waals surface area contributed by atoms with Crippen LogP contribution in [0.25, 0.3) is 0 Å². The summed E-state index contributed by atoms with van der Waals surface area (Å²) in [6.45, 7) is 2.76. The van der Waals surface area contributed by atoms with Gasteiger partial charge in [-0.25, -0.2) is 4.79 Å². The van der Waals surface area contributed by atoms with Crippen molar-refractivity contribution in [3.05, 3.63) is 84.9 Å². The number of carbonyl (C=O) groups excluding carboxylic acids is 2. The number of ether oxygens (including phenoxy) is 1. The molecule has 164 valence electrons. The fourth-order valence-electron chi connectivity index (χ4n) is 3.47. The highest BCUT2D eigenvalue weighted by Crippen LogP contribution is 2.22. The van der Waals surface area contributed by atoms with Crippen molar-refractivity contribution >= 4 is 23.3 Å². The highest BCUT2D eigenvalue weighted by molar-refractivity contribution is 5.92. The topological polar surface area (TPSA) is 73.9 Å². The van der Waals surface area contributed by atoms with Crippen molar-refractivity contribution < 1.29 is 14.3 Å². The Morgan fingerprint density at radius 3 is 1.91 bits per heavy atom. The highest BCUT2D eigenvalue weighted by Gasteiger charge is 2.22. The molecule has 2 N–H and O–H groups in total. The summed E-state index contributed by atoms with van der Waals surface area (Å²) in [5.41, 5.74) is 1.50. The van der Waals surface area contributed by atoms with Gasteiger partial charge in [0.15, 0.2) is 0 Å². The van der Waals surface area contributed by atoms with Crippen molar-refractivity contribution in [1.29, 1.82) is 0 Å². The van der Waals surface area contributed by atoms with Crippen LogP contribution in [-0.4, -0.2) is 54.5 Å². The first kappa shape index (κ1) is 21.4. The normalized spacial score (nSPS) is 13.9. The number of rotatable bonds is 6. The second kappa shape index (κ2) is 10.5. The van der Waals surface area contributed by atoms with E-state index in [0.29, 0.717) is 44.2 Å². The molecule has 0 bridgehead atoms. The van der Waals surface area contributed by atoms with Gasteiger partial charge in [-0.3, -0.25) is 9.69 Å². The molecule has 3 aromatic rings. The average Bonchev–Trinajstić information content (AvgIpc) is 2.82. The summed E-state index contributed by atoms with van der Waals surface area (Å²) < 4.78 is 5.77. The SMILES string of the molecule is O=C(CN1CCN(C(=O)Nc2ccc(Oc3ccccc3)cc2)CC1)Nc1ccccc1. The molecule has 7 heteroatoms. The van der Waals surface area contributed by atoms with E-state index in [-0.39, 0.29) is 11.9 Å². The van der Waals surface area contributed by atoms with Crippen LogP contribution in [0, 0.1) is 0 Å². The smallest absolute Gasteiger partial charge is 0.321 e. The van der Waals surface area contributed by atoms with Gasteiger partial charge >= 0.3 is 6.03 Å². The number of para-hydroxylation sites is 2.